The molecule has 0 spiro atoms. The van der Waals surface area contributed by atoms with E-state index < -0.39 is 0 Å². The first-order valence-electron chi connectivity index (χ1n) is 7.36. The number of hydrogen-bond donors (Lipinski definition) is 0. The highest BCUT2D eigenvalue weighted by Gasteiger charge is 2.29. The fourth-order valence-electron chi connectivity index (χ4n) is 3.00. The van der Waals surface area contributed by atoms with Crippen molar-refractivity contribution in [2.24, 2.45) is 0 Å². The predicted octanol–water partition coefficient (Wildman–Crippen LogP) is 3.48. The normalized spacial score (nSPS) is 22.6. The minimum absolute atomic E-state index is 0.0658. The van der Waals surface area contributed by atoms with Crippen LogP contribution in [0.5, 0.6) is 0 Å². The first kappa shape index (κ1) is 14.5. The second kappa shape index (κ2) is 6.49. The fraction of sp³-hybridized carbons (Fsp3) is 0.625. The number of aryl methyl sites for hydroxylation is 2. The van der Waals surface area contributed by atoms with E-state index in [9.17, 15) is 4.39 Å². The summed E-state index contributed by atoms with van der Waals surface area (Å²) in [5.74, 6) is -0.0658. The minimum atomic E-state index is -0.0658. The highest BCUT2D eigenvalue weighted by Crippen LogP contribution is 2.37. The van der Waals surface area contributed by atoms with Crippen LogP contribution in [0.4, 0.5) is 4.39 Å². The van der Waals surface area contributed by atoms with E-state index in [2.05, 4.69) is 4.90 Å². The smallest absolute Gasteiger partial charge is 0.126 e. The van der Waals surface area contributed by atoms with Crippen LogP contribution >= 0.6 is 0 Å². The Balaban J connectivity index is 0.000000637. The van der Waals surface area contributed by atoms with Crippen LogP contribution in [0, 0.1) is 12.7 Å². The van der Waals surface area contributed by atoms with E-state index in [1.807, 2.05) is 26.8 Å². The van der Waals surface area contributed by atoms with Crippen LogP contribution in [0.2, 0.25) is 0 Å². The van der Waals surface area contributed by atoms with E-state index in [4.69, 9.17) is 4.74 Å². The molecule has 1 heterocycles. The van der Waals surface area contributed by atoms with Crippen LogP contribution in [-0.2, 0) is 11.2 Å². The second-order valence-corrected chi connectivity index (χ2v) is 5.00. The molecule has 0 aromatic heterocycles. The molecule has 1 atom stereocenters. The van der Waals surface area contributed by atoms with E-state index in [0.29, 0.717) is 6.04 Å². The fourth-order valence-corrected chi connectivity index (χ4v) is 3.00. The molecule has 3 heteroatoms. The molecule has 3 rings (SSSR count). The van der Waals surface area contributed by atoms with Crippen molar-refractivity contribution < 1.29 is 9.13 Å². The lowest BCUT2D eigenvalue weighted by Crippen LogP contribution is -2.38. The van der Waals surface area contributed by atoms with Crippen molar-refractivity contribution in [1.29, 1.82) is 0 Å². The van der Waals surface area contributed by atoms with Gasteiger partial charge in [0.15, 0.2) is 0 Å². The third-order valence-corrected chi connectivity index (χ3v) is 3.95. The maximum Gasteiger partial charge on any atom is 0.126 e. The van der Waals surface area contributed by atoms with Crippen molar-refractivity contribution in [3.05, 3.63) is 34.6 Å². The number of halogens is 1. The van der Waals surface area contributed by atoms with Gasteiger partial charge in [0.1, 0.15) is 5.82 Å². The summed E-state index contributed by atoms with van der Waals surface area (Å²) in [5, 5.41) is 0. The van der Waals surface area contributed by atoms with Gasteiger partial charge in [-0.2, -0.15) is 0 Å². The molecule has 106 valence electrons. The number of fused-ring (bicyclic) bond motifs is 1. The Morgan fingerprint density at radius 1 is 1.21 bits per heavy atom. The van der Waals surface area contributed by atoms with Gasteiger partial charge in [-0.25, -0.2) is 4.39 Å². The molecule has 1 aliphatic carbocycles. The molecule has 1 saturated heterocycles. The van der Waals surface area contributed by atoms with Gasteiger partial charge in [-0.3, -0.25) is 4.90 Å². The molecule has 1 fully saturated rings. The van der Waals surface area contributed by atoms with Crippen molar-refractivity contribution >= 4 is 0 Å². The molecule has 2 aliphatic rings. The summed E-state index contributed by atoms with van der Waals surface area (Å²) in [5.41, 5.74) is 3.31. The van der Waals surface area contributed by atoms with Crippen LogP contribution < -0.4 is 0 Å². The van der Waals surface area contributed by atoms with Crippen molar-refractivity contribution in [1.82, 2.24) is 4.90 Å². The molecule has 1 aromatic carbocycles. The van der Waals surface area contributed by atoms with Gasteiger partial charge < -0.3 is 4.74 Å². The average Bonchev–Trinajstić information content (AvgIpc) is 2.85. The molecular formula is C16H24FNO. The van der Waals surface area contributed by atoms with Crippen LogP contribution in [0.1, 0.15) is 43.0 Å². The molecule has 0 saturated carbocycles. The number of rotatable bonds is 1. The highest BCUT2D eigenvalue weighted by molar-refractivity contribution is 5.38. The molecule has 1 unspecified atom stereocenters. The van der Waals surface area contributed by atoms with Gasteiger partial charge in [0.05, 0.1) is 13.2 Å². The quantitative estimate of drug-likeness (QED) is 0.771. The summed E-state index contributed by atoms with van der Waals surface area (Å²) in [4.78, 5) is 2.43. The third-order valence-electron chi connectivity index (χ3n) is 3.95. The summed E-state index contributed by atoms with van der Waals surface area (Å²) >= 11 is 0. The molecule has 2 nitrogen and oxygen atoms in total. The number of nitrogens with zero attached hydrogens (tertiary/aromatic N) is 1. The standard InChI is InChI=1S/C14H18FNO.C2H6/c1-10-8-11-2-3-14(12(11)9-13(10)15)16-4-6-17-7-5-16;1-2/h8-9,14H,2-7H2,1H3;1-2H3. The zero-order valence-electron chi connectivity index (χ0n) is 12.2. The second-order valence-electron chi connectivity index (χ2n) is 5.00. The van der Waals surface area contributed by atoms with Crippen LogP contribution in [0.3, 0.4) is 0 Å². The number of hydrogen-bond acceptors (Lipinski definition) is 2. The Labute approximate surface area is 115 Å². The lowest BCUT2D eigenvalue weighted by atomic mass is 10.0. The lowest BCUT2D eigenvalue weighted by molar-refractivity contribution is 0.0164. The topological polar surface area (TPSA) is 12.5 Å². The summed E-state index contributed by atoms with van der Waals surface area (Å²) in [6, 6.07) is 4.17. The Hall–Kier alpha value is -0.930. The van der Waals surface area contributed by atoms with Gasteiger partial charge in [-0.1, -0.05) is 19.9 Å². The zero-order chi connectivity index (χ0) is 13.8. The highest BCUT2D eigenvalue weighted by atomic mass is 19.1. The Bertz CT molecular complexity index is 427. The van der Waals surface area contributed by atoms with Crippen molar-refractivity contribution in [3.8, 4) is 0 Å². The average molecular weight is 265 g/mol. The van der Waals surface area contributed by atoms with Gasteiger partial charge in [-0.15, -0.1) is 0 Å². The molecule has 1 aromatic rings. The van der Waals surface area contributed by atoms with Crippen molar-refractivity contribution in [2.75, 3.05) is 26.3 Å². The largest absolute Gasteiger partial charge is 0.379 e. The van der Waals surface area contributed by atoms with Crippen LogP contribution in [0.15, 0.2) is 12.1 Å². The summed E-state index contributed by atoms with van der Waals surface area (Å²) < 4.78 is 19.0. The Morgan fingerprint density at radius 3 is 2.58 bits per heavy atom. The SMILES string of the molecule is CC.Cc1cc2c(cc1F)C(N1CCOCC1)CC2. The summed E-state index contributed by atoms with van der Waals surface area (Å²) in [6.45, 7) is 9.40. The molecule has 0 amide bonds. The maximum absolute atomic E-state index is 13.7. The van der Waals surface area contributed by atoms with E-state index in [1.54, 1.807) is 6.07 Å². The summed E-state index contributed by atoms with van der Waals surface area (Å²) in [7, 11) is 0. The zero-order valence-corrected chi connectivity index (χ0v) is 12.2. The van der Waals surface area contributed by atoms with E-state index in [-0.39, 0.29) is 5.82 Å². The summed E-state index contributed by atoms with van der Waals surface area (Å²) in [6.07, 6.45) is 2.21. The number of ether oxygens (including phenoxy) is 1. The van der Waals surface area contributed by atoms with E-state index >= 15 is 0 Å². The molecule has 19 heavy (non-hydrogen) atoms. The van der Waals surface area contributed by atoms with Gasteiger partial charge >= 0.3 is 0 Å². The lowest BCUT2D eigenvalue weighted by Gasteiger charge is -2.32. The molecule has 0 bridgehead atoms. The molecular weight excluding hydrogens is 241 g/mol. The van der Waals surface area contributed by atoms with Crippen LogP contribution in [-0.4, -0.2) is 31.2 Å². The first-order valence-corrected chi connectivity index (χ1v) is 7.36. The maximum atomic E-state index is 13.7. The molecule has 1 aliphatic heterocycles. The van der Waals surface area contributed by atoms with Crippen LogP contribution in [0.25, 0.3) is 0 Å². The first-order chi connectivity index (χ1) is 9.25. The minimum Gasteiger partial charge on any atom is -0.379 e. The molecule has 0 radical (unpaired) electrons. The number of benzene rings is 1. The van der Waals surface area contributed by atoms with Crippen molar-refractivity contribution in [2.45, 2.75) is 39.7 Å². The predicted molar refractivity (Wildman–Crippen MR) is 75.9 cm³/mol. The molecule has 0 N–H and O–H groups in total. The monoisotopic (exact) mass is 265 g/mol. The van der Waals surface area contributed by atoms with Crippen molar-refractivity contribution in [3.63, 3.8) is 0 Å². The van der Waals surface area contributed by atoms with E-state index in [0.717, 1.165) is 44.7 Å². The van der Waals surface area contributed by atoms with Gasteiger partial charge in [0, 0.05) is 19.1 Å². The third kappa shape index (κ3) is 2.98. The van der Waals surface area contributed by atoms with Gasteiger partial charge in [0.25, 0.3) is 0 Å². The van der Waals surface area contributed by atoms with Gasteiger partial charge in [0.2, 0.25) is 0 Å². The Kier molecular flexibility index (Phi) is 4.94. The Morgan fingerprint density at radius 2 is 1.89 bits per heavy atom. The number of morpholine rings is 1. The van der Waals surface area contributed by atoms with E-state index in [1.165, 1.54) is 11.1 Å². The van der Waals surface area contributed by atoms with Gasteiger partial charge in [-0.05, 0) is 42.5 Å².